The molecule has 9 nitrogen and oxygen atoms in total. The fourth-order valence-electron chi connectivity index (χ4n) is 3.16. The minimum absolute atomic E-state index is 0.136. The third-order valence-electron chi connectivity index (χ3n) is 4.52. The average Bonchev–Trinajstić information content (AvgIpc) is 3.01. The first-order valence-electron chi connectivity index (χ1n) is 9.25. The van der Waals surface area contributed by atoms with Gasteiger partial charge in [0.05, 0.1) is 0 Å². The van der Waals surface area contributed by atoms with E-state index in [1.165, 1.54) is 24.6 Å². The molecule has 0 aliphatic carbocycles. The summed E-state index contributed by atoms with van der Waals surface area (Å²) in [6, 6.07) is 9.45. The molecule has 30 heavy (non-hydrogen) atoms. The molecule has 160 valence electrons. The second-order valence-electron chi connectivity index (χ2n) is 6.89. The molecular weight excluding hydrogens is 459 g/mol. The second-order valence-corrected chi connectivity index (χ2v) is 9.76. The normalized spacial score (nSPS) is 23.2. The molecule has 2 aromatic rings. The summed E-state index contributed by atoms with van der Waals surface area (Å²) in [6.45, 7) is 4.01. The molecule has 1 aromatic carbocycles. The van der Waals surface area contributed by atoms with Crippen LogP contribution in [-0.2, 0) is 23.8 Å². The summed E-state index contributed by atoms with van der Waals surface area (Å²) < 4.78 is 18.2. The summed E-state index contributed by atoms with van der Waals surface area (Å²) in [7, 11) is 0. The number of nitrogens with zero attached hydrogens (tertiary/aromatic N) is 1. The van der Waals surface area contributed by atoms with E-state index in [1.807, 2.05) is 30.3 Å². The SMILES string of the molecule is CC(=O)OC[C@]1([Se]c2ccccc2)O[C@@H](n2cc(C)c(=O)[nH]c2=O)C[C@@H]1OC(C)=O. The van der Waals surface area contributed by atoms with Gasteiger partial charge in [0.15, 0.2) is 0 Å². The molecule has 1 aliphatic rings. The molecule has 1 fully saturated rings. The summed E-state index contributed by atoms with van der Waals surface area (Å²) in [4.78, 5) is 49.7. The van der Waals surface area contributed by atoms with E-state index in [-0.39, 0.29) is 13.0 Å². The van der Waals surface area contributed by atoms with Gasteiger partial charge in [-0.25, -0.2) is 0 Å². The molecule has 0 saturated carbocycles. The van der Waals surface area contributed by atoms with Crippen LogP contribution in [0.5, 0.6) is 0 Å². The number of aryl methyl sites for hydroxylation is 1. The Kier molecular flexibility index (Phi) is 6.60. The first-order chi connectivity index (χ1) is 14.2. The zero-order chi connectivity index (χ0) is 21.9. The molecule has 1 N–H and O–H groups in total. The molecule has 2 heterocycles. The molecule has 0 bridgehead atoms. The van der Waals surface area contributed by atoms with Crippen LogP contribution in [0, 0.1) is 6.92 Å². The summed E-state index contributed by atoms with van der Waals surface area (Å²) in [6.07, 6.45) is 0.0202. The summed E-state index contributed by atoms with van der Waals surface area (Å²) in [5, 5.41) is 0. The Labute approximate surface area is 178 Å². The average molecular weight is 481 g/mol. The van der Waals surface area contributed by atoms with Gasteiger partial charge < -0.3 is 0 Å². The van der Waals surface area contributed by atoms with Crippen LogP contribution in [0.2, 0.25) is 0 Å². The van der Waals surface area contributed by atoms with Crippen molar-refractivity contribution < 1.29 is 23.8 Å². The van der Waals surface area contributed by atoms with Crippen LogP contribution in [0.15, 0.2) is 46.1 Å². The van der Waals surface area contributed by atoms with Crippen molar-refractivity contribution >= 4 is 31.4 Å². The van der Waals surface area contributed by atoms with Crippen molar-refractivity contribution in [2.75, 3.05) is 6.61 Å². The maximum absolute atomic E-state index is 12.4. The van der Waals surface area contributed by atoms with Crippen molar-refractivity contribution in [2.45, 2.75) is 44.0 Å². The van der Waals surface area contributed by atoms with Crippen LogP contribution >= 0.6 is 0 Å². The molecule has 1 saturated heterocycles. The van der Waals surface area contributed by atoms with Gasteiger partial charge in [-0.1, -0.05) is 0 Å². The third kappa shape index (κ3) is 4.89. The van der Waals surface area contributed by atoms with Gasteiger partial charge in [0.1, 0.15) is 0 Å². The number of carbonyl (C=O) groups is 2. The Balaban J connectivity index is 2.03. The topological polar surface area (TPSA) is 117 Å². The standard InChI is InChI=1S/C20H22N2O7Se/c1-12-10-22(19(26)21-18(12)25)17-9-16(28-14(3)24)20(29-17,11-27-13(2)23)30-15-7-5-4-6-8-15/h4-8,10,16-17H,9,11H2,1-3H3,(H,21,25,26)/t16-,17+,20+/m0/s1. The molecule has 10 heteroatoms. The summed E-state index contributed by atoms with van der Waals surface area (Å²) in [5.74, 6) is -1.01. The number of benzene rings is 1. The molecule has 0 unspecified atom stereocenters. The van der Waals surface area contributed by atoms with Crippen molar-refractivity contribution in [1.82, 2.24) is 9.55 Å². The number of H-pyrrole nitrogens is 1. The quantitative estimate of drug-likeness (QED) is 0.456. The van der Waals surface area contributed by atoms with E-state index in [4.69, 9.17) is 14.2 Å². The van der Waals surface area contributed by atoms with Crippen LogP contribution in [0.1, 0.15) is 32.1 Å². The van der Waals surface area contributed by atoms with E-state index in [2.05, 4.69) is 4.98 Å². The van der Waals surface area contributed by atoms with E-state index in [9.17, 15) is 19.2 Å². The molecule has 1 aromatic heterocycles. The van der Waals surface area contributed by atoms with Gasteiger partial charge in [-0.2, -0.15) is 0 Å². The zero-order valence-corrected chi connectivity index (χ0v) is 18.5. The second kappa shape index (κ2) is 8.99. The Hall–Kier alpha value is -2.68. The van der Waals surface area contributed by atoms with Gasteiger partial charge in [0.2, 0.25) is 0 Å². The molecule has 0 amide bonds. The number of esters is 2. The first kappa shape index (κ1) is 22.0. The van der Waals surface area contributed by atoms with E-state index in [0.29, 0.717) is 5.56 Å². The maximum atomic E-state index is 12.4. The van der Waals surface area contributed by atoms with Crippen molar-refractivity contribution in [3.63, 3.8) is 0 Å². The third-order valence-corrected chi connectivity index (χ3v) is 7.31. The van der Waals surface area contributed by atoms with Crippen molar-refractivity contribution in [2.24, 2.45) is 0 Å². The Bertz CT molecular complexity index is 1050. The predicted molar refractivity (Wildman–Crippen MR) is 108 cm³/mol. The van der Waals surface area contributed by atoms with Gasteiger partial charge in [-0.15, -0.1) is 0 Å². The van der Waals surface area contributed by atoms with Crippen LogP contribution in [0.3, 0.4) is 0 Å². The van der Waals surface area contributed by atoms with Crippen molar-refractivity contribution in [3.8, 4) is 0 Å². The Morgan fingerprint density at radius 2 is 1.93 bits per heavy atom. The van der Waals surface area contributed by atoms with Gasteiger partial charge in [-0.05, 0) is 0 Å². The van der Waals surface area contributed by atoms with E-state index >= 15 is 0 Å². The number of rotatable bonds is 6. The fraction of sp³-hybridized carbons (Fsp3) is 0.400. The number of nitrogens with one attached hydrogen (secondary N) is 1. The number of carbonyl (C=O) groups excluding carboxylic acids is 2. The molecule has 0 radical (unpaired) electrons. The van der Waals surface area contributed by atoms with Gasteiger partial charge >= 0.3 is 178 Å². The van der Waals surface area contributed by atoms with Crippen LogP contribution < -0.4 is 15.7 Å². The van der Waals surface area contributed by atoms with Crippen LogP contribution in [0.25, 0.3) is 0 Å². The fourth-order valence-corrected chi connectivity index (χ4v) is 5.77. The molecular formula is C20H22N2O7Se. The monoisotopic (exact) mass is 482 g/mol. The number of hydrogen-bond acceptors (Lipinski definition) is 7. The Morgan fingerprint density at radius 3 is 2.57 bits per heavy atom. The molecule has 3 rings (SSSR count). The van der Waals surface area contributed by atoms with Gasteiger partial charge in [0, 0.05) is 0 Å². The van der Waals surface area contributed by atoms with E-state index < -0.39 is 55.0 Å². The number of hydrogen-bond donors (Lipinski definition) is 1. The predicted octanol–water partition coefficient (Wildman–Crippen LogP) is -0.0153. The van der Waals surface area contributed by atoms with Crippen LogP contribution in [0.4, 0.5) is 0 Å². The van der Waals surface area contributed by atoms with Gasteiger partial charge in [0.25, 0.3) is 0 Å². The summed E-state index contributed by atoms with van der Waals surface area (Å²) >= 11 is -0.431. The number of aromatic amines is 1. The minimum atomic E-state index is -1.14. The molecule has 0 spiro atoms. The van der Waals surface area contributed by atoms with E-state index in [0.717, 1.165) is 4.46 Å². The van der Waals surface area contributed by atoms with Crippen molar-refractivity contribution in [1.29, 1.82) is 0 Å². The molecule has 1 aliphatic heterocycles. The summed E-state index contributed by atoms with van der Waals surface area (Å²) in [5.41, 5.74) is -0.772. The van der Waals surface area contributed by atoms with Crippen molar-refractivity contribution in [3.05, 3.63) is 62.9 Å². The van der Waals surface area contributed by atoms with Crippen LogP contribution in [-0.4, -0.2) is 53.7 Å². The van der Waals surface area contributed by atoms with Gasteiger partial charge in [-0.3, -0.25) is 0 Å². The zero-order valence-electron chi connectivity index (χ0n) is 16.7. The number of aromatic nitrogens is 2. The Morgan fingerprint density at radius 1 is 1.23 bits per heavy atom. The number of ether oxygens (including phenoxy) is 3. The van der Waals surface area contributed by atoms with E-state index in [1.54, 1.807) is 6.92 Å². The molecule has 3 atom stereocenters. The first-order valence-corrected chi connectivity index (χ1v) is 11.0.